The van der Waals surface area contributed by atoms with Crippen LogP contribution in [-0.4, -0.2) is 23.3 Å². The molecule has 8 heteroatoms. The van der Waals surface area contributed by atoms with Crippen molar-refractivity contribution in [2.24, 2.45) is 5.73 Å². The molecule has 2 amide bonds. The summed E-state index contributed by atoms with van der Waals surface area (Å²) in [6, 6.07) is 4.92. The van der Waals surface area contributed by atoms with E-state index in [0.717, 1.165) is 17.0 Å². The maximum atomic E-state index is 14.6. The minimum atomic E-state index is -1.61. The summed E-state index contributed by atoms with van der Waals surface area (Å²) in [4.78, 5) is 29.2. The normalized spacial score (nSPS) is 19.2. The van der Waals surface area contributed by atoms with E-state index < -0.39 is 41.2 Å². The number of primary amides is 1. The predicted molar refractivity (Wildman–Crippen MR) is 83.2 cm³/mol. The van der Waals surface area contributed by atoms with Crippen LogP contribution >= 0.6 is 0 Å². The average Bonchev–Trinajstić information content (AvgIpc) is 2.81. The molecule has 0 aliphatic carbocycles. The molecule has 0 radical (unpaired) electrons. The van der Waals surface area contributed by atoms with Gasteiger partial charge < -0.3 is 5.73 Å². The number of benzene rings is 1. The lowest BCUT2D eigenvalue weighted by Crippen LogP contribution is -2.44. The lowest BCUT2D eigenvalue weighted by atomic mass is 9.73. The molecule has 0 spiro atoms. The Morgan fingerprint density at radius 3 is 2.44 bits per heavy atom. The Kier molecular flexibility index (Phi) is 3.98. The Balaban J connectivity index is 2.33. The van der Waals surface area contributed by atoms with E-state index in [1.165, 1.54) is 12.1 Å². The fraction of sp³-hybridized carbons (Fsp3) is 0.235. The number of fused-ring (bicyclic) bond motifs is 1. The Labute approximate surface area is 141 Å². The van der Waals surface area contributed by atoms with Gasteiger partial charge in [0.2, 0.25) is 11.8 Å². The second kappa shape index (κ2) is 5.87. The molecule has 0 bridgehead atoms. The second-order valence-corrected chi connectivity index (χ2v) is 5.74. The number of carbonyl (C=O) groups excluding carboxylic acids is 2. The number of nitrogens with two attached hydrogens (primary N) is 1. The fourth-order valence-corrected chi connectivity index (χ4v) is 3.31. The zero-order chi connectivity index (χ0) is 18.4. The van der Waals surface area contributed by atoms with Crippen LogP contribution in [0.3, 0.4) is 0 Å². The maximum absolute atomic E-state index is 14.6. The van der Waals surface area contributed by atoms with E-state index >= 15 is 0 Å². The topological polar surface area (TPSA) is 76.3 Å². The number of rotatable bonds is 4. The van der Waals surface area contributed by atoms with Crippen molar-refractivity contribution in [2.45, 2.75) is 18.8 Å². The largest absolute Gasteiger partial charge is 0.368 e. The summed E-state index contributed by atoms with van der Waals surface area (Å²) in [6.45, 7) is 1.09. The number of pyridine rings is 1. The van der Waals surface area contributed by atoms with Gasteiger partial charge in [-0.25, -0.2) is 18.2 Å². The van der Waals surface area contributed by atoms with Gasteiger partial charge in [0.05, 0.1) is 11.8 Å². The van der Waals surface area contributed by atoms with Crippen LogP contribution in [0.1, 0.15) is 24.5 Å². The molecule has 0 saturated carbocycles. The number of halogens is 3. The second-order valence-electron chi connectivity index (χ2n) is 5.74. The van der Waals surface area contributed by atoms with Crippen LogP contribution in [0.25, 0.3) is 0 Å². The van der Waals surface area contributed by atoms with E-state index in [1.54, 1.807) is 6.92 Å². The SMILES string of the molecule is CC[C@]1(c2ccc(F)cc2)C(=O)N(CC(N)=O)c2ncc(F)c(F)c21. The van der Waals surface area contributed by atoms with Crippen molar-refractivity contribution < 1.29 is 22.8 Å². The molecule has 25 heavy (non-hydrogen) atoms. The number of hydrogen-bond acceptors (Lipinski definition) is 3. The molecule has 2 N–H and O–H groups in total. The van der Waals surface area contributed by atoms with Gasteiger partial charge in [0.25, 0.3) is 0 Å². The minimum Gasteiger partial charge on any atom is -0.368 e. The number of anilines is 1. The quantitative estimate of drug-likeness (QED) is 0.918. The molecule has 1 aromatic carbocycles. The summed E-state index contributed by atoms with van der Waals surface area (Å²) in [7, 11) is 0. The zero-order valence-electron chi connectivity index (χ0n) is 13.2. The first kappa shape index (κ1) is 16.9. The Morgan fingerprint density at radius 1 is 1.24 bits per heavy atom. The van der Waals surface area contributed by atoms with Crippen molar-refractivity contribution in [1.82, 2.24) is 4.98 Å². The molecule has 0 fully saturated rings. The highest BCUT2D eigenvalue weighted by atomic mass is 19.2. The third-order valence-corrected chi connectivity index (χ3v) is 4.43. The van der Waals surface area contributed by atoms with Crippen LogP contribution in [0, 0.1) is 17.5 Å². The van der Waals surface area contributed by atoms with Gasteiger partial charge in [0, 0.05) is 0 Å². The highest BCUT2D eigenvalue weighted by Crippen LogP contribution is 2.48. The third kappa shape index (κ3) is 2.36. The third-order valence-electron chi connectivity index (χ3n) is 4.43. The van der Waals surface area contributed by atoms with Crippen molar-refractivity contribution in [3.8, 4) is 0 Å². The summed E-state index contributed by atoms with van der Waals surface area (Å²) in [5.74, 6) is -4.62. The zero-order valence-corrected chi connectivity index (χ0v) is 13.2. The fourth-order valence-electron chi connectivity index (χ4n) is 3.31. The molecule has 5 nitrogen and oxygen atoms in total. The summed E-state index contributed by atoms with van der Waals surface area (Å²) in [5.41, 5.74) is 3.56. The lowest BCUT2D eigenvalue weighted by Gasteiger charge is -2.28. The molecule has 0 saturated heterocycles. The van der Waals surface area contributed by atoms with Crippen LogP contribution in [-0.2, 0) is 15.0 Å². The first-order valence-corrected chi connectivity index (χ1v) is 7.53. The van der Waals surface area contributed by atoms with Gasteiger partial charge in [-0.3, -0.25) is 14.5 Å². The van der Waals surface area contributed by atoms with Gasteiger partial charge in [0.15, 0.2) is 11.6 Å². The number of amides is 2. The lowest BCUT2D eigenvalue weighted by molar-refractivity contribution is -0.124. The summed E-state index contributed by atoms with van der Waals surface area (Å²) in [5, 5.41) is 0. The molecule has 2 aromatic rings. The Morgan fingerprint density at radius 2 is 1.88 bits per heavy atom. The van der Waals surface area contributed by atoms with Crippen LogP contribution in [0.15, 0.2) is 30.5 Å². The van der Waals surface area contributed by atoms with Gasteiger partial charge >= 0.3 is 0 Å². The highest BCUT2D eigenvalue weighted by molar-refractivity contribution is 6.11. The van der Waals surface area contributed by atoms with Crippen molar-refractivity contribution in [3.05, 3.63) is 59.0 Å². The van der Waals surface area contributed by atoms with Gasteiger partial charge in [-0.05, 0) is 24.1 Å². The molecule has 3 rings (SSSR count). The molecule has 1 aliphatic rings. The molecular weight excluding hydrogens is 335 g/mol. The molecule has 0 unspecified atom stereocenters. The van der Waals surface area contributed by atoms with Crippen molar-refractivity contribution in [2.75, 3.05) is 11.4 Å². The molecule has 1 aliphatic heterocycles. The van der Waals surface area contributed by atoms with E-state index in [4.69, 9.17) is 5.73 Å². The Bertz CT molecular complexity index is 870. The summed E-state index contributed by atoms with van der Waals surface area (Å²) < 4.78 is 41.8. The molecule has 1 aromatic heterocycles. The average molecular weight is 349 g/mol. The standard InChI is InChI=1S/C17H14F3N3O2/c1-2-17(9-3-5-10(18)6-4-9)13-14(20)11(19)7-22-15(13)23(16(17)25)8-12(21)24/h3-7H,2,8H2,1H3,(H2,21,24)/t17-/m1/s1. The number of hydrogen-bond donors (Lipinski definition) is 1. The van der Waals surface area contributed by atoms with Gasteiger partial charge in [-0.2, -0.15) is 0 Å². The van der Waals surface area contributed by atoms with Gasteiger partial charge in [0.1, 0.15) is 23.6 Å². The van der Waals surface area contributed by atoms with Crippen LogP contribution in [0.4, 0.5) is 19.0 Å². The smallest absolute Gasteiger partial charge is 0.244 e. The van der Waals surface area contributed by atoms with Crippen LogP contribution in [0.2, 0.25) is 0 Å². The van der Waals surface area contributed by atoms with Crippen LogP contribution in [0.5, 0.6) is 0 Å². The first-order chi connectivity index (χ1) is 11.8. The molecule has 130 valence electrons. The summed E-state index contributed by atoms with van der Waals surface area (Å²) in [6.07, 6.45) is 0.702. The molecular formula is C17H14F3N3O2. The number of nitrogens with zero attached hydrogens (tertiary/aromatic N) is 2. The van der Waals surface area contributed by atoms with Crippen molar-refractivity contribution in [3.63, 3.8) is 0 Å². The number of aromatic nitrogens is 1. The summed E-state index contributed by atoms with van der Waals surface area (Å²) >= 11 is 0. The monoisotopic (exact) mass is 349 g/mol. The number of carbonyl (C=O) groups is 2. The highest BCUT2D eigenvalue weighted by Gasteiger charge is 2.54. The predicted octanol–water partition coefficient (Wildman–Crippen LogP) is 2.03. The Hall–Kier alpha value is -2.90. The molecule has 1 atom stereocenters. The minimum absolute atomic E-state index is 0.0573. The van der Waals surface area contributed by atoms with Gasteiger partial charge in [-0.15, -0.1) is 0 Å². The van der Waals surface area contributed by atoms with Gasteiger partial charge in [-0.1, -0.05) is 19.1 Å². The first-order valence-electron chi connectivity index (χ1n) is 7.53. The van der Waals surface area contributed by atoms with E-state index in [2.05, 4.69) is 4.98 Å². The molecule has 2 heterocycles. The maximum Gasteiger partial charge on any atom is 0.244 e. The van der Waals surface area contributed by atoms with Crippen molar-refractivity contribution >= 4 is 17.6 Å². The van der Waals surface area contributed by atoms with E-state index in [0.29, 0.717) is 6.20 Å². The van der Waals surface area contributed by atoms with E-state index in [-0.39, 0.29) is 23.4 Å². The van der Waals surface area contributed by atoms with E-state index in [1.807, 2.05) is 0 Å². The van der Waals surface area contributed by atoms with Crippen LogP contribution < -0.4 is 10.6 Å². The van der Waals surface area contributed by atoms with Crippen molar-refractivity contribution in [1.29, 1.82) is 0 Å². The van der Waals surface area contributed by atoms with E-state index in [9.17, 15) is 22.8 Å².